The van der Waals surface area contributed by atoms with E-state index in [4.69, 9.17) is 19.3 Å². The van der Waals surface area contributed by atoms with Crippen LogP contribution in [-0.2, 0) is 23.8 Å². The summed E-state index contributed by atoms with van der Waals surface area (Å²) in [5.74, 6) is -1.21. The number of rotatable bonds is 17. The van der Waals surface area contributed by atoms with Crippen LogP contribution in [0.2, 0.25) is 0 Å². The number of esters is 1. The largest absolute Gasteiger partial charge is 0.478 e. The number of carbonyl (C=O) groups is 2. The number of hydrogen-bond donors (Lipinski definition) is 1. The Bertz CT molecular complexity index is 1090. The number of allylic oxidation sites excluding steroid dienone is 12. The fraction of sp³-hybridized carbons (Fsp3) is 0.412. The third kappa shape index (κ3) is 16.5. The molecule has 0 rings (SSSR count). The van der Waals surface area contributed by atoms with Crippen LogP contribution in [0.4, 0.5) is 0 Å². The first-order chi connectivity index (χ1) is 19.0. The highest BCUT2D eigenvalue weighted by atomic mass is 16.5. The molecule has 220 valence electrons. The van der Waals surface area contributed by atoms with Crippen LogP contribution >= 0.6 is 0 Å². The van der Waals surface area contributed by atoms with Gasteiger partial charge in [-0.05, 0) is 72.5 Å². The van der Waals surface area contributed by atoms with Gasteiger partial charge in [-0.2, -0.15) is 0 Å². The van der Waals surface area contributed by atoms with Crippen LogP contribution in [0.25, 0.3) is 0 Å². The van der Waals surface area contributed by atoms with Crippen LogP contribution in [0.3, 0.4) is 0 Å². The number of carboxylic acid groups (broad SMARTS) is 1. The monoisotopic (exact) mass is 552 g/mol. The molecule has 6 heteroatoms. The molecular formula is C34H48O6. The number of methoxy groups -OCH3 is 2. The maximum absolute atomic E-state index is 11.8. The summed E-state index contributed by atoms with van der Waals surface area (Å²) in [5.41, 5.74) is 5.18. The summed E-state index contributed by atoms with van der Waals surface area (Å²) in [6, 6.07) is 0. The van der Waals surface area contributed by atoms with E-state index in [1.807, 2.05) is 94.5 Å². The molecule has 0 fully saturated rings. The fourth-order valence-electron chi connectivity index (χ4n) is 3.36. The van der Waals surface area contributed by atoms with Crippen molar-refractivity contribution >= 4 is 11.9 Å². The predicted molar refractivity (Wildman–Crippen MR) is 165 cm³/mol. The molecule has 0 heterocycles. The van der Waals surface area contributed by atoms with Crippen LogP contribution in [0.5, 0.6) is 0 Å². The summed E-state index contributed by atoms with van der Waals surface area (Å²) in [7, 11) is 3.29. The molecular weight excluding hydrogens is 504 g/mol. The van der Waals surface area contributed by atoms with Gasteiger partial charge in [-0.25, -0.2) is 9.59 Å². The van der Waals surface area contributed by atoms with Crippen molar-refractivity contribution < 1.29 is 28.9 Å². The van der Waals surface area contributed by atoms with E-state index in [2.05, 4.69) is 0 Å². The molecule has 0 aromatic rings. The van der Waals surface area contributed by atoms with E-state index in [1.54, 1.807) is 41.1 Å². The smallest absolute Gasteiger partial charge is 0.333 e. The van der Waals surface area contributed by atoms with E-state index < -0.39 is 5.97 Å². The van der Waals surface area contributed by atoms with Gasteiger partial charge in [-0.3, -0.25) is 0 Å². The lowest BCUT2D eigenvalue weighted by molar-refractivity contribution is -0.138. The Labute approximate surface area is 241 Å². The van der Waals surface area contributed by atoms with E-state index >= 15 is 0 Å². The lowest BCUT2D eigenvalue weighted by Gasteiger charge is -2.14. The molecule has 0 aliphatic carbocycles. The minimum absolute atomic E-state index is 0.114. The number of carboxylic acids is 1. The summed E-state index contributed by atoms with van der Waals surface area (Å²) in [6.07, 6.45) is 24.4. The Kier molecular flexibility index (Phi) is 19.5. The first kappa shape index (κ1) is 36.5. The summed E-state index contributed by atoms with van der Waals surface area (Å²) in [5, 5.41) is 9.00. The van der Waals surface area contributed by atoms with Crippen molar-refractivity contribution in [1.29, 1.82) is 0 Å². The summed E-state index contributed by atoms with van der Waals surface area (Å²) < 4.78 is 16.1. The molecule has 0 aromatic carbocycles. The normalized spacial score (nSPS) is 16.3. The van der Waals surface area contributed by atoms with E-state index in [0.717, 1.165) is 22.3 Å². The third-order valence-corrected chi connectivity index (χ3v) is 6.06. The minimum atomic E-state index is -0.915. The highest BCUT2D eigenvalue weighted by Crippen LogP contribution is 2.14. The van der Waals surface area contributed by atoms with Crippen molar-refractivity contribution in [1.82, 2.24) is 0 Å². The lowest BCUT2D eigenvalue weighted by atomic mass is 10.1. The van der Waals surface area contributed by atoms with Gasteiger partial charge in [0.25, 0.3) is 0 Å². The zero-order valence-electron chi connectivity index (χ0n) is 25.7. The van der Waals surface area contributed by atoms with Gasteiger partial charge in [0.05, 0.1) is 18.8 Å². The Morgan fingerprint density at radius 2 is 1.10 bits per heavy atom. The van der Waals surface area contributed by atoms with Gasteiger partial charge >= 0.3 is 11.9 Å². The predicted octanol–water partition coefficient (Wildman–Crippen LogP) is 7.79. The molecule has 2 atom stereocenters. The fourth-order valence-corrected chi connectivity index (χ4v) is 3.36. The Hall–Kier alpha value is -3.48. The van der Waals surface area contributed by atoms with Crippen molar-refractivity contribution in [2.24, 2.45) is 0 Å². The van der Waals surface area contributed by atoms with E-state index in [0.29, 0.717) is 30.6 Å². The highest BCUT2D eigenvalue weighted by molar-refractivity contribution is 5.87. The molecule has 0 saturated carbocycles. The average molecular weight is 553 g/mol. The molecule has 0 radical (unpaired) electrons. The second kappa shape index (κ2) is 21.4. The SMILES string of the molecule is CCOC(=O)/C(C)=C/CC(OC)/C(C)=C/C=C/C(C)=C/C=C/C=C(C)/C=C/C=C(\C)C(C/C=C(\C)C(=O)O)OC. The van der Waals surface area contributed by atoms with Gasteiger partial charge in [0.2, 0.25) is 0 Å². The zero-order valence-corrected chi connectivity index (χ0v) is 25.7. The number of aliphatic carboxylic acids is 1. The molecule has 0 amide bonds. The van der Waals surface area contributed by atoms with Crippen molar-refractivity contribution in [3.05, 3.63) is 106 Å². The van der Waals surface area contributed by atoms with E-state index in [1.165, 1.54) is 0 Å². The molecule has 0 spiro atoms. The number of ether oxygens (including phenoxy) is 3. The van der Waals surface area contributed by atoms with E-state index in [9.17, 15) is 9.59 Å². The third-order valence-electron chi connectivity index (χ3n) is 6.06. The maximum Gasteiger partial charge on any atom is 0.333 e. The van der Waals surface area contributed by atoms with Gasteiger partial charge in [-0.1, -0.05) is 84.1 Å². The van der Waals surface area contributed by atoms with Crippen LogP contribution in [0.1, 0.15) is 61.3 Å². The number of hydrogen-bond acceptors (Lipinski definition) is 5. The minimum Gasteiger partial charge on any atom is -0.478 e. The van der Waals surface area contributed by atoms with Crippen LogP contribution in [0, 0.1) is 0 Å². The maximum atomic E-state index is 11.8. The van der Waals surface area contributed by atoms with Crippen molar-refractivity contribution in [3.63, 3.8) is 0 Å². The Morgan fingerprint density at radius 3 is 1.48 bits per heavy atom. The molecule has 1 N–H and O–H groups in total. The lowest BCUT2D eigenvalue weighted by Crippen LogP contribution is -2.12. The van der Waals surface area contributed by atoms with Gasteiger partial charge in [0.1, 0.15) is 0 Å². The molecule has 0 saturated heterocycles. The topological polar surface area (TPSA) is 82.1 Å². The van der Waals surface area contributed by atoms with Crippen LogP contribution in [0.15, 0.2) is 106 Å². The van der Waals surface area contributed by atoms with Gasteiger partial charge in [0, 0.05) is 25.4 Å². The molecule has 0 aliphatic rings. The molecule has 2 unspecified atom stereocenters. The van der Waals surface area contributed by atoms with Gasteiger partial charge in [-0.15, -0.1) is 0 Å². The molecule has 0 bridgehead atoms. The van der Waals surface area contributed by atoms with Gasteiger partial charge in [0.15, 0.2) is 0 Å². The summed E-state index contributed by atoms with van der Waals surface area (Å²) >= 11 is 0. The van der Waals surface area contributed by atoms with Crippen molar-refractivity contribution in [2.75, 3.05) is 20.8 Å². The zero-order chi connectivity index (χ0) is 30.5. The van der Waals surface area contributed by atoms with Crippen LogP contribution < -0.4 is 0 Å². The average Bonchev–Trinajstić information content (AvgIpc) is 2.91. The van der Waals surface area contributed by atoms with Crippen molar-refractivity contribution in [2.45, 2.75) is 73.5 Å². The molecule has 0 aliphatic heterocycles. The first-order valence-corrected chi connectivity index (χ1v) is 13.5. The standard InChI is InChI=1S/C34H48O6/c1-10-40-34(37)30(7)22-24-32(39-9)28(5)20-14-18-26(3)16-12-11-15-25(2)17-13-19-27(4)31(38-8)23-21-29(6)33(35)36/h11-22,31-32H,10,23-24H2,1-9H3,(H,35,36)/b12-11+,17-13+,18-14+,25-15+,26-16+,27-19+,28-20+,29-21+,30-22+. The van der Waals surface area contributed by atoms with Crippen LogP contribution in [-0.4, -0.2) is 50.1 Å². The molecule has 40 heavy (non-hydrogen) atoms. The second-order valence-electron chi connectivity index (χ2n) is 9.47. The quantitative estimate of drug-likeness (QED) is 0.113. The second-order valence-corrected chi connectivity index (χ2v) is 9.47. The highest BCUT2D eigenvalue weighted by Gasteiger charge is 2.10. The Balaban J connectivity index is 5.02. The molecule has 6 nitrogen and oxygen atoms in total. The van der Waals surface area contributed by atoms with Crippen molar-refractivity contribution in [3.8, 4) is 0 Å². The number of carbonyl (C=O) groups excluding carboxylic acids is 1. The molecule has 0 aromatic heterocycles. The first-order valence-electron chi connectivity index (χ1n) is 13.5. The Morgan fingerprint density at radius 1 is 0.675 bits per heavy atom. The van der Waals surface area contributed by atoms with Gasteiger partial charge < -0.3 is 19.3 Å². The summed E-state index contributed by atoms with van der Waals surface area (Å²) in [6.45, 7) is 13.5. The van der Waals surface area contributed by atoms with E-state index in [-0.39, 0.29) is 18.2 Å². The summed E-state index contributed by atoms with van der Waals surface area (Å²) in [4.78, 5) is 22.7.